The Kier molecular flexibility index (Phi) is 9.44. The maximum Gasteiger partial charge on any atom is 0.223 e. The molecule has 3 aromatic rings. The summed E-state index contributed by atoms with van der Waals surface area (Å²) in [6.07, 6.45) is 3.62. The first-order valence-corrected chi connectivity index (χ1v) is 13.9. The number of piperidine rings is 2. The third-order valence-corrected chi connectivity index (χ3v) is 9.09. The predicted molar refractivity (Wildman–Crippen MR) is 157 cm³/mol. The van der Waals surface area contributed by atoms with Gasteiger partial charge < -0.3 is 14.9 Å². The van der Waals surface area contributed by atoms with Crippen molar-refractivity contribution >= 4 is 41.5 Å². The van der Waals surface area contributed by atoms with Crippen molar-refractivity contribution in [3.8, 4) is 0 Å². The van der Waals surface area contributed by atoms with Gasteiger partial charge in [0.1, 0.15) is 0 Å². The van der Waals surface area contributed by atoms with Gasteiger partial charge in [0.2, 0.25) is 5.91 Å². The minimum Gasteiger partial charge on any atom is -0.385 e. The van der Waals surface area contributed by atoms with Gasteiger partial charge in [0.15, 0.2) is 0 Å². The fourth-order valence-electron chi connectivity index (χ4n) is 5.92. The van der Waals surface area contributed by atoms with E-state index >= 15 is 0 Å². The summed E-state index contributed by atoms with van der Waals surface area (Å²) < 4.78 is 0. The van der Waals surface area contributed by atoms with Crippen LogP contribution < -0.4 is 0 Å². The molecule has 5 rings (SSSR count). The molecular formula is C31H35Cl3N2O2. The third kappa shape index (κ3) is 6.38. The average molecular weight is 574 g/mol. The van der Waals surface area contributed by atoms with E-state index in [1.54, 1.807) is 0 Å². The zero-order chi connectivity index (χ0) is 25.9. The summed E-state index contributed by atoms with van der Waals surface area (Å²) >= 11 is 12.7. The minimum absolute atomic E-state index is 0. The zero-order valence-corrected chi connectivity index (χ0v) is 23.8. The molecule has 202 valence electrons. The fourth-order valence-corrected chi connectivity index (χ4v) is 6.22. The summed E-state index contributed by atoms with van der Waals surface area (Å²) in [7, 11) is 0. The van der Waals surface area contributed by atoms with Crippen LogP contribution in [-0.2, 0) is 22.4 Å². The number of likely N-dealkylation sites (tertiary alicyclic amines) is 2. The molecular weight excluding hydrogens is 539 g/mol. The third-order valence-electron chi connectivity index (χ3n) is 8.35. The first-order valence-electron chi connectivity index (χ1n) is 13.1. The summed E-state index contributed by atoms with van der Waals surface area (Å²) in [6, 6.07) is 26.0. The van der Waals surface area contributed by atoms with Crippen molar-refractivity contribution < 1.29 is 9.90 Å². The van der Waals surface area contributed by atoms with Crippen LogP contribution in [0.4, 0.5) is 0 Å². The van der Waals surface area contributed by atoms with Crippen LogP contribution in [0.5, 0.6) is 0 Å². The highest BCUT2D eigenvalue weighted by atomic mass is 35.5. The molecule has 0 aromatic heterocycles. The number of aliphatic hydroxyl groups is 1. The van der Waals surface area contributed by atoms with Gasteiger partial charge >= 0.3 is 0 Å². The first kappa shape index (κ1) is 28.9. The largest absolute Gasteiger partial charge is 0.385 e. The van der Waals surface area contributed by atoms with Crippen LogP contribution >= 0.6 is 35.6 Å². The Hall–Kier alpha value is -2.08. The van der Waals surface area contributed by atoms with Crippen LogP contribution in [0.3, 0.4) is 0 Å². The van der Waals surface area contributed by atoms with Gasteiger partial charge in [0.05, 0.1) is 15.6 Å². The highest BCUT2D eigenvalue weighted by molar-refractivity contribution is 6.42. The highest BCUT2D eigenvalue weighted by Crippen LogP contribution is 2.42. The van der Waals surface area contributed by atoms with Crippen LogP contribution in [0.1, 0.15) is 48.8 Å². The van der Waals surface area contributed by atoms with Crippen molar-refractivity contribution in [2.75, 3.05) is 26.2 Å². The molecule has 0 saturated carbocycles. The quantitative estimate of drug-likeness (QED) is 0.336. The standard InChI is InChI=1S/C31H34Cl2N2O2.ClH/c32-27-12-11-26(21-28(27)33)30(14-20-35(29(36)22-30)23-24-7-3-1-4-8-24)13-17-34-18-15-31(37,16-19-34)25-9-5-2-6-10-25;/h1-12,21,37H,13-20,22-23H2;1H. The number of carbonyl (C=O) groups excluding carboxylic acids is 1. The number of carbonyl (C=O) groups is 1. The monoisotopic (exact) mass is 572 g/mol. The summed E-state index contributed by atoms with van der Waals surface area (Å²) in [5.41, 5.74) is 2.19. The van der Waals surface area contributed by atoms with Gasteiger partial charge in [0.25, 0.3) is 0 Å². The van der Waals surface area contributed by atoms with Crippen LogP contribution in [0, 0.1) is 0 Å². The molecule has 0 bridgehead atoms. The van der Waals surface area contributed by atoms with Gasteiger partial charge in [-0.1, -0.05) is 89.9 Å². The second kappa shape index (κ2) is 12.4. The van der Waals surface area contributed by atoms with Gasteiger partial charge in [0, 0.05) is 38.0 Å². The van der Waals surface area contributed by atoms with Crippen molar-refractivity contribution in [2.24, 2.45) is 0 Å². The molecule has 4 nitrogen and oxygen atoms in total. The van der Waals surface area contributed by atoms with Crippen LogP contribution in [-0.4, -0.2) is 47.0 Å². The molecule has 1 amide bonds. The lowest BCUT2D eigenvalue weighted by atomic mass is 9.70. The van der Waals surface area contributed by atoms with Crippen LogP contribution in [0.15, 0.2) is 78.9 Å². The Labute approximate surface area is 242 Å². The molecule has 38 heavy (non-hydrogen) atoms. The minimum atomic E-state index is -0.766. The molecule has 2 saturated heterocycles. The van der Waals surface area contributed by atoms with Crippen molar-refractivity contribution in [2.45, 2.75) is 49.7 Å². The second-order valence-corrected chi connectivity index (χ2v) is 11.4. The SMILES string of the molecule is Cl.O=C1CC(CCN2CCC(O)(c3ccccc3)CC2)(c2ccc(Cl)c(Cl)c2)CCN1Cc1ccccc1. The molecule has 0 spiro atoms. The van der Waals surface area contributed by atoms with E-state index in [2.05, 4.69) is 17.0 Å². The summed E-state index contributed by atoms with van der Waals surface area (Å²) in [5.74, 6) is 0.179. The summed E-state index contributed by atoms with van der Waals surface area (Å²) in [4.78, 5) is 17.9. The molecule has 1 N–H and O–H groups in total. The van der Waals surface area contributed by atoms with Gasteiger partial charge in [-0.15, -0.1) is 12.4 Å². The number of amides is 1. The Balaban J connectivity index is 0.00000336. The Bertz CT molecular complexity index is 1220. The molecule has 1 unspecified atom stereocenters. The topological polar surface area (TPSA) is 43.8 Å². The Morgan fingerprint density at radius 3 is 2.08 bits per heavy atom. The van der Waals surface area contributed by atoms with E-state index in [1.807, 2.05) is 71.6 Å². The molecule has 3 aromatic carbocycles. The van der Waals surface area contributed by atoms with Crippen molar-refractivity contribution in [1.29, 1.82) is 0 Å². The van der Waals surface area contributed by atoms with Crippen LogP contribution in [0.25, 0.3) is 0 Å². The molecule has 2 aliphatic rings. The van der Waals surface area contributed by atoms with Gasteiger partial charge in [-0.25, -0.2) is 0 Å². The number of nitrogens with zero attached hydrogens (tertiary/aromatic N) is 2. The predicted octanol–water partition coefficient (Wildman–Crippen LogP) is 6.85. The van der Waals surface area contributed by atoms with E-state index in [4.69, 9.17) is 23.2 Å². The number of halogens is 3. The lowest BCUT2D eigenvalue weighted by Crippen LogP contribution is -2.48. The van der Waals surface area contributed by atoms with E-state index < -0.39 is 5.60 Å². The second-order valence-electron chi connectivity index (χ2n) is 10.6. The number of rotatable bonds is 7. The molecule has 7 heteroatoms. The maximum absolute atomic E-state index is 13.5. The smallest absolute Gasteiger partial charge is 0.223 e. The summed E-state index contributed by atoms with van der Waals surface area (Å²) in [6.45, 7) is 3.88. The van der Waals surface area contributed by atoms with E-state index in [0.29, 0.717) is 42.4 Å². The van der Waals surface area contributed by atoms with Crippen LogP contribution in [0.2, 0.25) is 10.0 Å². The average Bonchev–Trinajstić information content (AvgIpc) is 2.92. The van der Waals surface area contributed by atoms with E-state index in [9.17, 15) is 9.90 Å². The van der Waals surface area contributed by atoms with Gasteiger partial charge in [-0.3, -0.25) is 4.79 Å². The number of hydrogen-bond acceptors (Lipinski definition) is 3. The first-order chi connectivity index (χ1) is 17.9. The summed E-state index contributed by atoms with van der Waals surface area (Å²) in [5, 5.41) is 12.3. The van der Waals surface area contributed by atoms with Crippen molar-refractivity contribution in [3.05, 3.63) is 106 Å². The molecule has 0 radical (unpaired) electrons. The molecule has 0 aliphatic carbocycles. The van der Waals surface area contributed by atoms with Gasteiger partial charge in [-0.2, -0.15) is 0 Å². The number of benzene rings is 3. The fraction of sp³-hybridized carbons (Fsp3) is 0.387. The van der Waals surface area contributed by atoms with E-state index in [-0.39, 0.29) is 23.7 Å². The maximum atomic E-state index is 13.5. The van der Waals surface area contributed by atoms with Crippen molar-refractivity contribution in [1.82, 2.24) is 9.80 Å². The zero-order valence-electron chi connectivity index (χ0n) is 21.5. The molecule has 1 atom stereocenters. The Morgan fingerprint density at radius 1 is 0.789 bits per heavy atom. The molecule has 2 aliphatic heterocycles. The van der Waals surface area contributed by atoms with Crippen molar-refractivity contribution in [3.63, 3.8) is 0 Å². The molecule has 2 fully saturated rings. The Morgan fingerprint density at radius 2 is 1.45 bits per heavy atom. The highest BCUT2D eigenvalue weighted by Gasteiger charge is 2.41. The van der Waals surface area contributed by atoms with E-state index in [0.717, 1.165) is 49.2 Å². The lowest BCUT2D eigenvalue weighted by molar-refractivity contribution is -0.136. The van der Waals surface area contributed by atoms with Gasteiger partial charge in [-0.05, 0) is 61.1 Å². The van der Waals surface area contributed by atoms with E-state index in [1.165, 1.54) is 0 Å². The molecule has 2 heterocycles. The lowest BCUT2D eigenvalue weighted by Gasteiger charge is -2.44. The normalized spacial score (nSPS) is 21.7. The number of hydrogen-bond donors (Lipinski definition) is 1.